The summed E-state index contributed by atoms with van der Waals surface area (Å²) in [4.78, 5) is 20.7. The number of rotatable bonds is 13. The van der Waals surface area contributed by atoms with Crippen LogP contribution in [0.25, 0.3) is 33.6 Å². The first-order valence-electron chi connectivity index (χ1n) is 14.9. The second-order valence-electron chi connectivity index (χ2n) is 11.1. The number of methoxy groups -OCH3 is 2. The molecule has 0 aliphatic carbocycles. The molecule has 0 radical (unpaired) electrons. The van der Waals surface area contributed by atoms with Crippen molar-refractivity contribution in [2.24, 2.45) is 0 Å². The van der Waals surface area contributed by atoms with Crippen molar-refractivity contribution in [2.45, 2.75) is 45.0 Å². The van der Waals surface area contributed by atoms with Crippen molar-refractivity contribution >= 4 is 29.1 Å². The minimum atomic E-state index is -0.567. The van der Waals surface area contributed by atoms with Crippen LogP contribution < -0.4 is 25.4 Å². The molecule has 242 valence electrons. The van der Waals surface area contributed by atoms with E-state index < -0.39 is 11.9 Å². The minimum Gasteiger partial charge on any atom is -0.496 e. The van der Waals surface area contributed by atoms with Gasteiger partial charge in [-0.15, -0.1) is 0 Å². The first-order chi connectivity index (χ1) is 22.2. The zero-order chi connectivity index (χ0) is 32.8. The molecule has 2 aromatic heterocycles. The summed E-state index contributed by atoms with van der Waals surface area (Å²) in [6.45, 7) is 3.32. The van der Waals surface area contributed by atoms with E-state index in [-0.39, 0.29) is 18.5 Å². The number of aliphatic hydroxyl groups excluding tert-OH is 1. The Morgan fingerprint density at radius 1 is 1.04 bits per heavy atom. The van der Waals surface area contributed by atoms with E-state index >= 15 is 4.39 Å². The van der Waals surface area contributed by atoms with Crippen LogP contribution in [0.1, 0.15) is 30.9 Å². The fourth-order valence-corrected chi connectivity index (χ4v) is 6.09. The fraction of sp³-hybridized carbons (Fsp3) is 0.324. The van der Waals surface area contributed by atoms with E-state index in [9.17, 15) is 9.90 Å². The Labute approximate surface area is 277 Å². The van der Waals surface area contributed by atoms with Gasteiger partial charge in [0.15, 0.2) is 0 Å². The van der Waals surface area contributed by atoms with E-state index in [1.807, 2.05) is 30.3 Å². The van der Waals surface area contributed by atoms with Gasteiger partial charge in [-0.05, 0) is 37.6 Å². The summed E-state index contributed by atoms with van der Waals surface area (Å²) in [6.07, 6.45) is 2.41. The van der Waals surface area contributed by atoms with E-state index in [0.29, 0.717) is 86.9 Å². The average Bonchev–Trinajstić information content (AvgIpc) is 3.46. The molecule has 0 spiro atoms. The third kappa shape index (κ3) is 7.59. The Bertz CT molecular complexity index is 1720. The van der Waals surface area contributed by atoms with E-state index in [1.165, 1.54) is 13.2 Å². The number of carbonyl (C=O) groups is 1. The number of amides is 1. The van der Waals surface area contributed by atoms with Gasteiger partial charge in [0.2, 0.25) is 11.8 Å². The number of nitrogens with one attached hydrogen (secondary N) is 3. The second-order valence-corrected chi connectivity index (χ2v) is 11.9. The van der Waals surface area contributed by atoms with Crippen LogP contribution in [0.5, 0.6) is 11.6 Å². The molecule has 9 nitrogen and oxygen atoms in total. The maximum atomic E-state index is 15.3. The molecule has 1 unspecified atom stereocenters. The molecule has 2 aromatic carbocycles. The van der Waals surface area contributed by atoms with Gasteiger partial charge in [0.1, 0.15) is 11.6 Å². The van der Waals surface area contributed by atoms with Crippen LogP contribution in [0.3, 0.4) is 0 Å². The van der Waals surface area contributed by atoms with Gasteiger partial charge in [0, 0.05) is 78.2 Å². The summed E-state index contributed by atoms with van der Waals surface area (Å²) in [7, 11) is 3.04. The molecule has 4 N–H and O–H groups in total. The summed E-state index contributed by atoms with van der Waals surface area (Å²) in [5.41, 5.74) is 4.60. The van der Waals surface area contributed by atoms with Crippen LogP contribution in [-0.4, -0.2) is 60.4 Å². The summed E-state index contributed by atoms with van der Waals surface area (Å²) >= 11 is 13.9. The number of hydrogen-bond acceptors (Lipinski definition) is 8. The zero-order valence-corrected chi connectivity index (χ0v) is 27.3. The number of hydrogen-bond donors (Lipinski definition) is 4. The Hall–Kier alpha value is -3.80. The highest BCUT2D eigenvalue weighted by Gasteiger charge is 2.22. The van der Waals surface area contributed by atoms with Gasteiger partial charge in [-0.3, -0.25) is 9.78 Å². The lowest BCUT2D eigenvalue weighted by Crippen LogP contribution is -2.35. The highest BCUT2D eigenvalue weighted by molar-refractivity contribution is 6.39. The summed E-state index contributed by atoms with van der Waals surface area (Å²) in [6, 6.07) is 14.3. The summed E-state index contributed by atoms with van der Waals surface area (Å²) in [5, 5.41) is 19.6. The molecule has 1 aliphatic heterocycles. The van der Waals surface area contributed by atoms with E-state index in [0.717, 1.165) is 12.0 Å². The number of nitrogens with zero attached hydrogens (tertiary/aromatic N) is 2. The topological polar surface area (TPSA) is 118 Å². The van der Waals surface area contributed by atoms with Gasteiger partial charge in [-0.1, -0.05) is 47.5 Å². The van der Waals surface area contributed by atoms with Gasteiger partial charge < -0.3 is 30.5 Å². The Morgan fingerprint density at radius 2 is 1.83 bits per heavy atom. The summed E-state index contributed by atoms with van der Waals surface area (Å²) in [5.74, 6) is 0.395. The molecule has 46 heavy (non-hydrogen) atoms. The lowest BCUT2D eigenvalue weighted by molar-refractivity contribution is -0.119. The quantitative estimate of drug-likeness (QED) is 0.142. The van der Waals surface area contributed by atoms with Crippen molar-refractivity contribution in [1.29, 1.82) is 0 Å². The van der Waals surface area contributed by atoms with Crippen molar-refractivity contribution < 1.29 is 23.8 Å². The molecular formula is C34H36Cl2FN5O4. The number of ether oxygens (including phenoxy) is 2. The summed E-state index contributed by atoms with van der Waals surface area (Å²) < 4.78 is 26.4. The molecule has 1 aliphatic rings. The first-order valence-corrected chi connectivity index (χ1v) is 15.7. The smallest absolute Gasteiger partial charge is 0.220 e. The van der Waals surface area contributed by atoms with E-state index in [2.05, 4.69) is 20.9 Å². The minimum absolute atomic E-state index is 0.0836. The Balaban J connectivity index is 1.41. The monoisotopic (exact) mass is 667 g/mol. The van der Waals surface area contributed by atoms with Crippen LogP contribution in [0.15, 0.2) is 54.7 Å². The average molecular weight is 669 g/mol. The second kappa shape index (κ2) is 15.2. The Kier molecular flexibility index (Phi) is 11.1. The molecular weight excluding hydrogens is 632 g/mol. The largest absolute Gasteiger partial charge is 0.496 e. The molecule has 0 bridgehead atoms. The van der Waals surface area contributed by atoms with Crippen LogP contribution >= 0.6 is 23.2 Å². The molecule has 2 atom stereocenters. The fourth-order valence-electron chi connectivity index (χ4n) is 5.44. The van der Waals surface area contributed by atoms with Gasteiger partial charge in [-0.25, -0.2) is 9.37 Å². The van der Waals surface area contributed by atoms with Crippen LogP contribution in [-0.2, 0) is 17.9 Å². The molecule has 3 heterocycles. The molecule has 1 fully saturated rings. The number of pyridine rings is 2. The molecule has 1 amide bonds. The molecule has 0 saturated carbocycles. The Morgan fingerprint density at radius 3 is 2.54 bits per heavy atom. The lowest BCUT2D eigenvalue weighted by Gasteiger charge is -2.16. The number of benzene rings is 2. The highest BCUT2D eigenvalue weighted by atomic mass is 35.5. The van der Waals surface area contributed by atoms with Crippen LogP contribution in [0, 0.1) is 5.82 Å². The van der Waals surface area contributed by atoms with Crippen LogP contribution in [0.2, 0.25) is 10.0 Å². The number of aliphatic hydroxyl groups is 1. The molecule has 1 saturated heterocycles. The van der Waals surface area contributed by atoms with E-state index in [4.69, 9.17) is 37.7 Å². The predicted molar refractivity (Wildman–Crippen MR) is 178 cm³/mol. The lowest BCUT2D eigenvalue weighted by atomic mass is 9.99. The van der Waals surface area contributed by atoms with Gasteiger partial charge >= 0.3 is 0 Å². The van der Waals surface area contributed by atoms with Gasteiger partial charge in [-0.2, -0.15) is 0 Å². The third-order valence-corrected chi connectivity index (χ3v) is 8.56. The van der Waals surface area contributed by atoms with Crippen molar-refractivity contribution in [1.82, 2.24) is 25.9 Å². The van der Waals surface area contributed by atoms with Crippen LogP contribution in [0.4, 0.5) is 4.39 Å². The number of halogens is 3. The maximum Gasteiger partial charge on any atom is 0.220 e. The maximum absolute atomic E-state index is 15.3. The standard InChI is InChI=1S/C34H36Cl2FN5O4/c1-19(43)15-38-18-26-27(37)13-21(14-29(26)45-2)33-32(36)24(11-12-40-33)23-5-4-6-25(31(23)35)28-9-7-20(34(42-28)46-3)16-39-17-22-8-10-30(44)41-22/h4-7,9,11-14,19,22,38-39,43H,8,10,15-18H2,1-3H3,(H,41,44)/t19?,22-/m0/s1. The van der Waals surface area contributed by atoms with Crippen molar-refractivity contribution in [2.75, 3.05) is 27.3 Å². The SMILES string of the molecule is COc1cc(-c2nccc(-c3cccc(-c4ccc(CNC[C@@H]5CCC(=O)N5)c(OC)n4)c3Cl)c2Cl)cc(F)c1CNCC(C)O. The molecule has 5 rings (SSSR count). The highest BCUT2D eigenvalue weighted by Crippen LogP contribution is 2.42. The predicted octanol–water partition coefficient (Wildman–Crippen LogP) is 5.78. The van der Waals surface area contributed by atoms with E-state index in [1.54, 1.807) is 32.4 Å². The molecule has 12 heteroatoms. The van der Waals surface area contributed by atoms with Gasteiger partial charge in [0.05, 0.1) is 41.8 Å². The zero-order valence-electron chi connectivity index (χ0n) is 25.8. The normalized spacial score (nSPS) is 15.1. The third-order valence-electron chi connectivity index (χ3n) is 7.77. The van der Waals surface area contributed by atoms with Crippen molar-refractivity contribution in [3.63, 3.8) is 0 Å². The van der Waals surface area contributed by atoms with Crippen molar-refractivity contribution in [3.8, 4) is 45.3 Å². The van der Waals surface area contributed by atoms with Gasteiger partial charge in [0.25, 0.3) is 0 Å². The number of aromatic nitrogens is 2. The van der Waals surface area contributed by atoms with Crippen molar-refractivity contribution in [3.05, 3.63) is 81.7 Å². The first kappa shape index (κ1) is 33.6. The molecule has 4 aromatic rings. The number of carbonyl (C=O) groups excluding carboxylic acids is 1.